The van der Waals surface area contributed by atoms with E-state index < -0.39 is 0 Å². The number of ether oxygens (including phenoxy) is 1. The maximum atomic E-state index is 5.46. The van der Waals surface area contributed by atoms with Gasteiger partial charge in [-0.25, -0.2) is 0 Å². The van der Waals surface area contributed by atoms with Crippen molar-refractivity contribution < 1.29 is 4.74 Å². The topological polar surface area (TPSA) is 52.1 Å². The second-order valence-corrected chi connectivity index (χ2v) is 6.44. The molecule has 1 aliphatic rings. The summed E-state index contributed by atoms with van der Waals surface area (Å²) in [5, 5.41) is 6.77. The molecule has 0 saturated carbocycles. The highest BCUT2D eigenvalue weighted by molar-refractivity contribution is 5.79. The number of nitrogens with one attached hydrogen (secondary N) is 2. The molecule has 0 aromatic heterocycles. The lowest BCUT2D eigenvalue weighted by Gasteiger charge is -2.34. The summed E-state index contributed by atoms with van der Waals surface area (Å²) in [6.07, 6.45) is 0. The van der Waals surface area contributed by atoms with Crippen molar-refractivity contribution in [3.8, 4) is 5.75 Å². The van der Waals surface area contributed by atoms with E-state index in [1.165, 1.54) is 18.7 Å². The Kier molecular flexibility index (Phi) is 8.01. The minimum atomic E-state index is 0.693. The summed E-state index contributed by atoms with van der Waals surface area (Å²) < 4.78 is 5.46. The number of likely N-dealkylation sites (N-methyl/N-ethyl adjacent to an activating group) is 1. The molecule has 0 bridgehead atoms. The molecule has 0 spiro atoms. The maximum Gasteiger partial charge on any atom is 0.191 e. The first kappa shape index (κ1) is 19.5. The second-order valence-electron chi connectivity index (χ2n) is 6.44. The Morgan fingerprint density at radius 1 is 1.16 bits per heavy atom. The third-order valence-corrected chi connectivity index (χ3v) is 4.75. The van der Waals surface area contributed by atoms with Crippen molar-refractivity contribution in [3.63, 3.8) is 0 Å². The van der Waals surface area contributed by atoms with Crippen LogP contribution in [0.3, 0.4) is 0 Å². The number of hydrogen-bond donors (Lipinski definition) is 2. The molecule has 0 atom stereocenters. The number of guanidine groups is 1. The van der Waals surface area contributed by atoms with Crippen LogP contribution in [0.2, 0.25) is 0 Å². The van der Waals surface area contributed by atoms with Crippen molar-refractivity contribution in [1.29, 1.82) is 0 Å². The van der Waals surface area contributed by atoms with Crippen LogP contribution < -0.4 is 15.4 Å². The molecule has 0 unspecified atom stereocenters. The van der Waals surface area contributed by atoms with E-state index in [9.17, 15) is 0 Å². The van der Waals surface area contributed by atoms with E-state index in [-0.39, 0.29) is 0 Å². The molecule has 2 N–H and O–H groups in total. The first-order valence-corrected chi connectivity index (χ1v) is 9.19. The molecule has 1 aromatic carbocycles. The third kappa shape index (κ3) is 6.21. The predicted molar refractivity (Wildman–Crippen MR) is 104 cm³/mol. The SMILES string of the molecule is CCN1CCN(CCNC(=NC)NCc2ccc(C)cc2OC)CC1. The van der Waals surface area contributed by atoms with Crippen molar-refractivity contribution in [2.45, 2.75) is 20.4 Å². The van der Waals surface area contributed by atoms with Gasteiger partial charge in [-0.3, -0.25) is 9.89 Å². The van der Waals surface area contributed by atoms with Gasteiger partial charge in [-0.2, -0.15) is 0 Å². The zero-order valence-corrected chi connectivity index (χ0v) is 16.1. The van der Waals surface area contributed by atoms with E-state index >= 15 is 0 Å². The molecule has 0 aliphatic carbocycles. The van der Waals surface area contributed by atoms with Gasteiger partial charge in [-0.15, -0.1) is 0 Å². The molecule has 6 nitrogen and oxygen atoms in total. The molecule has 25 heavy (non-hydrogen) atoms. The van der Waals surface area contributed by atoms with E-state index in [0.29, 0.717) is 6.54 Å². The molecule has 2 rings (SSSR count). The van der Waals surface area contributed by atoms with Crippen LogP contribution in [0, 0.1) is 6.92 Å². The molecular formula is C19H33N5O. The van der Waals surface area contributed by atoms with E-state index in [1.807, 2.05) is 7.05 Å². The Hall–Kier alpha value is -1.79. The number of nitrogens with zero attached hydrogens (tertiary/aromatic N) is 3. The van der Waals surface area contributed by atoms with E-state index in [2.05, 4.69) is 57.5 Å². The van der Waals surface area contributed by atoms with Gasteiger partial charge < -0.3 is 20.3 Å². The Morgan fingerprint density at radius 3 is 2.52 bits per heavy atom. The smallest absolute Gasteiger partial charge is 0.191 e. The fraction of sp³-hybridized carbons (Fsp3) is 0.632. The Balaban J connectivity index is 1.72. The fourth-order valence-electron chi connectivity index (χ4n) is 3.06. The highest BCUT2D eigenvalue weighted by Gasteiger charge is 2.14. The van der Waals surface area contributed by atoms with Crippen LogP contribution in [0.1, 0.15) is 18.1 Å². The normalized spacial score (nSPS) is 16.7. The van der Waals surface area contributed by atoms with Gasteiger partial charge in [-0.05, 0) is 25.1 Å². The van der Waals surface area contributed by atoms with E-state index in [4.69, 9.17) is 4.74 Å². The van der Waals surface area contributed by atoms with Crippen LogP contribution in [0.15, 0.2) is 23.2 Å². The number of hydrogen-bond acceptors (Lipinski definition) is 4. The molecule has 6 heteroatoms. The summed E-state index contributed by atoms with van der Waals surface area (Å²) in [6, 6.07) is 6.26. The van der Waals surface area contributed by atoms with Crippen LogP contribution in [-0.2, 0) is 6.54 Å². The minimum absolute atomic E-state index is 0.693. The van der Waals surface area contributed by atoms with Gasteiger partial charge in [-0.1, -0.05) is 19.1 Å². The van der Waals surface area contributed by atoms with Crippen molar-refractivity contribution in [2.24, 2.45) is 4.99 Å². The molecule has 1 fully saturated rings. The van der Waals surface area contributed by atoms with E-state index in [1.54, 1.807) is 7.11 Å². The van der Waals surface area contributed by atoms with Crippen LogP contribution in [-0.4, -0.2) is 75.7 Å². The van der Waals surface area contributed by atoms with E-state index in [0.717, 1.165) is 50.0 Å². The van der Waals surface area contributed by atoms with Crippen LogP contribution in [0.5, 0.6) is 5.75 Å². The molecule has 1 aliphatic heterocycles. The van der Waals surface area contributed by atoms with Crippen molar-refractivity contribution in [1.82, 2.24) is 20.4 Å². The molecule has 1 heterocycles. The van der Waals surface area contributed by atoms with Crippen LogP contribution in [0.25, 0.3) is 0 Å². The third-order valence-electron chi connectivity index (χ3n) is 4.75. The monoisotopic (exact) mass is 347 g/mol. The quantitative estimate of drug-likeness (QED) is 0.575. The van der Waals surface area contributed by atoms with Crippen molar-refractivity contribution in [2.75, 3.05) is 60.0 Å². The Bertz CT molecular complexity index is 553. The van der Waals surface area contributed by atoms with Gasteiger partial charge in [0.1, 0.15) is 5.75 Å². The highest BCUT2D eigenvalue weighted by atomic mass is 16.5. The average Bonchev–Trinajstić information content (AvgIpc) is 2.65. The van der Waals surface area contributed by atoms with Gasteiger partial charge in [0.25, 0.3) is 0 Å². The summed E-state index contributed by atoms with van der Waals surface area (Å²) in [5.74, 6) is 1.74. The fourth-order valence-corrected chi connectivity index (χ4v) is 3.06. The second kappa shape index (κ2) is 10.3. The van der Waals surface area contributed by atoms with Crippen molar-refractivity contribution >= 4 is 5.96 Å². The Labute approximate surface area is 152 Å². The first-order valence-electron chi connectivity index (χ1n) is 9.19. The maximum absolute atomic E-state index is 5.46. The van der Waals surface area contributed by atoms with Gasteiger partial charge in [0.15, 0.2) is 5.96 Å². The van der Waals surface area contributed by atoms with Crippen LogP contribution >= 0.6 is 0 Å². The number of piperazine rings is 1. The molecule has 1 aromatic rings. The standard InChI is InChI=1S/C19H33N5O/c1-5-23-10-12-24(13-11-23)9-8-21-19(20-3)22-15-17-7-6-16(2)14-18(17)25-4/h6-7,14H,5,8-13,15H2,1-4H3,(H2,20,21,22). The molecule has 0 amide bonds. The van der Waals surface area contributed by atoms with Gasteiger partial charge in [0, 0.05) is 58.4 Å². The summed E-state index contributed by atoms with van der Waals surface area (Å²) in [7, 11) is 3.52. The van der Waals surface area contributed by atoms with Crippen molar-refractivity contribution in [3.05, 3.63) is 29.3 Å². The largest absolute Gasteiger partial charge is 0.496 e. The van der Waals surface area contributed by atoms with Crippen LogP contribution in [0.4, 0.5) is 0 Å². The minimum Gasteiger partial charge on any atom is -0.496 e. The molecule has 0 radical (unpaired) electrons. The predicted octanol–water partition coefficient (Wildman–Crippen LogP) is 1.31. The molecule has 140 valence electrons. The average molecular weight is 348 g/mol. The lowest BCUT2D eigenvalue weighted by Crippen LogP contribution is -2.49. The summed E-state index contributed by atoms with van der Waals surface area (Å²) >= 11 is 0. The first-order chi connectivity index (χ1) is 12.2. The number of rotatable bonds is 7. The summed E-state index contributed by atoms with van der Waals surface area (Å²) in [4.78, 5) is 9.32. The summed E-state index contributed by atoms with van der Waals surface area (Å²) in [6.45, 7) is 12.8. The molecular weight excluding hydrogens is 314 g/mol. The number of benzene rings is 1. The number of aliphatic imine (C=N–C) groups is 1. The lowest BCUT2D eigenvalue weighted by atomic mass is 10.1. The Morgan fingerprint density at radius 2 is 1.88 bits per heavy atom. The zero-order chi connectivity index (χ0) is 18.1. The van der Waals surface area contributed by atoms with Gasteiger partial charge in [0.2, 0.25) is 0 Å². The number of methoxy groups -OCH3 is 1. The number of aryl methyl sites for hydroxylation is 1. The molecule has 1 saturated heterocycles. The summed E-state index contributed by atoms with van der Waals surface area (Å²) in [5.41, 5.74) is 2.33. The van der Waals surface area contributed by atoms with Gasteiger partial charge >= 0.3 is 0 Å². The van der Waals surface area contributed by atoms with Gasteiger partial charge in [0.05, 0.1) is 7.11 Å². The lowest BCUT2D eigenvalue weighted by molar-refractivity contribution is 0.139. The zero-order valence-electron chi connectivity index (χ0n) is 16.1. The highest BCUT2D eigenvalue weighted by Crippen LogP contribution is 2.19.